The van der Waals surface area contributed by atoms with Crippen LogP contribution in [-0.4, -0.2) is 24.9 Å². The molecule has 0 heterocycles. The van der Waals surface area contributed by atoms with E-state index >= 15 is 0 Å². The number of ether oxygens (including phenoxy) is 1. The van der Waals surface area contributed by atoms with E-state index in [0.717, 1.165) is 24.2 Å². The molecule has 0 aromatic heterocycles. The van der Waals surface area contributed by atoms with Crippen molar-refractivity contribution in [2.24, 2.45) is 11.7 Å². The van der Waals surface area contributed by atoms with Crippen molar-refractivity contribution >= 4 is 0 Å². The van der Waals surface area contributed by atoms with Gasteiger partial charge in [-0.05, 0) is 23.6 Å². The minimum atomic E-state index is -0.376. The molecule has 0 aliphatic carbocycles. The number of nitrogens with two attached hydrogens (primary N) is 1. The molecule has 1 aromatic rings. The van der Waals surface area contributed by atoms with Gasteiger partial charge in [0.1, 0.15) is 5.75 Å². The normalized spacial score (nSPS) is 14.6. The number of methoxy groups -OCH3 is 1. The summed E-state index contributed by atoms with van der Waals surface area (Å²) in [6.07, 6.45) is 1.58. The van der Waals surface area contributed by atoms with Gasteiger partial charge < -0.3 is 15.6 Å². The Morgan fingerprint density at radius 1 is 1.17 bits per heavy atom. The largest absolute Gasteiger partial charge is 0.497 e. The Morgan fingerprint density at radius 2 is 1.72 bits per heavy atom. The highest BCUT2D eigenvalue weighted by molar-refractivity contribution is 5.30. The van der Waals surface area contributed by atoms with Crippen LogP contribution in [0.15, 0.2) is 24.3 Å². The number of hydrogen-bond donors (Lipinski definition) is 2. The quantitative estimate of drug-likeness (QED) is 0.783. The van der Waals surface area contributed by atoms with Crippen LogP contribution in [0.25, 0.3) is 0 Å². The average molecular weight is 251 g/mol. The summed E-state index contributed by atoms with van der Waals surface area (Å²) >= 11 is 0. The van der Waals surface area contributed by atoms with Crippen LogP contribution in [0, 0.1) is 5.92 Å². The van der Waals surface area contributed by atoms with Gasteiger partial charge >= 0.3 is 0 Å². The minimum absolute atomic E-state index is 0.000746. The zero-order valence-electron chi connectivity index (χ0n) is 11.6. The van der Waals surface area contributed by atoms with E-state index in [9.17, 15) is 5.11 Å². The van der Waals surface area contributed by atoms with Gasteiger partial charge in [0.15, 0.2) is 0 Å². The monoisotopic (exact) mass is 251 g/mol. The Hall–Kier alpha value is -1.06. The van der Waals surface area contributed by atoms with Crippen molar-refractivity contribution in [1.82, 2.24) is 0 Å². The molecule has 1 rings (SSSR count). The van der Waals surface area contributed by atoms with Crippen molar-refractivity contribution in [2.45, 2.75) is 38.7 Å². The Kier molecular flexibility index (Phi) is 6.16. The molecule has 2 atom stereocenters. The van der Waals surface area contributed by atoms with Crippen molar-refractivity contribution in [3.63, 3.8) is 0 Å². The van der Waals surface area contributed by atoms with Gasteiger partial charge in [0.25, 0.3) is 0 Å². The van der Waals surface area contributed by atoms with Gasteiger partial charge in [0, 0.05) is 12.5 Å². The molecule has 3 nitrogen and oxygen atoms in total. The standard InChI is InChI=1S/C15H25NO2/c1-4-11(5-2)15(17)14(10-16)12-6-8-13(18-3)9-7-12/h6-9,11,14-15,17H,4-5,10,16H2,1-3H3. The topological polar surface area (TPSA) is 55.5 Å². The third kappa shape index (κ3) is 3.47. The maximum Gasteiger partial charge on any atom is 0.118 e. The van der Waals surface area contributed by atoms with Crippen LogP contribution in [0.5, 0.6) is 5.75 Å². The van der Waals surface area contributed by atoms with Gasteiger partial charge in [-0.3, -0.25) is 0 Å². The first-order chi connectivity index (χ1) is 8.67. The fourth-order valence-electron chi connectivity index (χ4n) is 2.42. The highest BCUT2D eigenvalue weighted by Crippen LogP contribution is 2.28. The molecule has 3 N–H and O–H groups in total. The molecule has 3 heteroatoms. The molecule has 0 aliphatic heterocycles. The summed E-state index contributed by atoms with van der Waals surface area (Å²) in [4.78, 5) is 0. The molecule has 0 saturated heterocycles. The smallest absolute Gasteiger partial charge is 0.118 e. The van der Waals surface area contributed by atoms with E-state index in [1.54, 1.807) is 7.11 Å². The molecule has 1 aromatic carbocycles. The van der Waals surface area contributed by atoms with Gasteiger partial charge in [-0.15, -0.1) is 0 Å². The predicted octanol–water partition coefficient (Wildman–Crippen LogP) is 2.53. The molecule has 0 spiro atoms. The molecule has 2 unspecified atom stereocenters. The van der Waals surface area contributed by atoms with Crippen molar-refractivity contribution in [3.05, 3.63) is 29.8 Å². The molecular formula is C15H25NO2. The van der Waals surface area contributed by atoms with E-state index in [4.69, 9.17) is 10.5 Å². The van der Waals surface area contributed by atoms with Crippen molar-refractivity contribution in [3.8, 4) is 5.75 Å². The lowest BCUT2D eigenvalue weighted by molar-refractivity contribution is 0.0779. The molecule has 0 saturated carbocycles. The van der Waals surface area contributed by atoms with Crippen molar-refractivity contribution in [1.29, 1.82) is 0 Å². The molecule has 0 bridgehead atoms. The van der Waals surface area contributed by atoms with Crippen molar-refractivity contribution < 1.29 is 9.84 Å². The lowest BCUT2D eigenvalue weighted by Crippen LogP contribution is -2.32. The summed E-state index contributed by atoms with van der Waals surface area (Å²) in [5, 5.41) is 10.4. The lowest BCUT2D eigenvalue weighted by atomic mass is 9.83. The second-order valence-corrected chi connectivity index (χ2v) is 4.68. The third-order valence-electron chi connectivity index (χ3n) is 3.74. The Labute approximate surface area is 110 Å². The van der Waals surface area contributed by atoms with Crippen LogP contribution in [0.2, 0.25) is 0 Å². The van der Waals surface area contributed by atoms with E-state index in [-0.39, 0.29) is 12.0 Å². The van der Waals surface area contributed by atoms with Crippen molar-refractivity contribution in [2.75, 3.05) is 13.7 Å². The van der Waals surface area contributed by atoms with Crippen LogP contribution in [0.4, 0.5) is 0 Å². The first-order valence-corrected chi connectivity index (χ1v) is 6.69. The molecule has 18 heavy (non-hydrogen) atoms. The predicted molar refractivity (Wildman–Crippen MR) is 74.9 cm³/mol. The second-order valence-electron chi connectivity index (χ2n) is 4.68. The van der Waals surface area contributed by atoms with Gasteiger partial charge in [-0.25, -0.2) is 0 Å². The van der Waals surface area contributed by atoms with Crippen LogP contribution >= 0.6 is 0 Å². The second kappa shape index (κ2) is 7.39. The van der Waals surface area contributed by atoms with Gasteiger partial charge in [-0.1, -0.05) is 38.8 Å². The molecule has 0 radical (unpaired) electrons. The van der Waals surface area contributed by atoms with E-state index < -0.39 is 0 Å². The summed E-state index contributed by atoms with van der Waals surface area (Å²) in [6, 6.07) is 7.80. The highest BCUT2D eigenvalue weighted by atomic mass is 16.5. The number of rotatable bonds is 7. The average Bonchev–Trinajstić information content (AvgIpc) is 2.42. The fourth-order valence-corrected chi connectivity index (χ4v) is 2.42. The summed E-state index contributed by atoms with van der Waals surface area (Å²) in [6.45, 7) is 4.68. The number of aliphatic hydroxyl groups excluding tert-OH is 1. The SMILES string of the molecule is CCC(CC)C(O)C(CN)c1ccc(OC)cc1. The molecular weight excluding hydrogens is 226 g/mol. The molecule has 0 fully saturated rings. The van der Waals surface area contributed by atoms with Crippen LogP contribution in [0.1, 0.15) is 38.2 Å². The van der Waals surface area contributed by atoms with Crippen LogP contribution < -0.4 is 10.5 Å². The van der Waals surface area contributed by atoms with Gasteiger partial charge in [-0.2, -0.15) is 0 Å². The lowest BCUT2D eigenvalue weighted by Gasteiger charge is -2.28. The van der Waals surface area contributed by atoms with Gasteiger partial charge in [0.05, 0.1) is 13.2 Å². The zero-order valence-corrected chi connectivity index (χ0v) is 11.6. The van der Waals surface area contributed by atoms with Crippen LogP contribution in [-0.2, 0) is 0 Å². The number of hydrogen-bond acceptors (Lipinski definition) is 3. The summed E-state index contributed by atoms with van der Waals surface area (Å²) in [5.74, 6) is 1.13. The maximum atomic E-state index is 10.4. The Bertz CT molecular complexity index is 333. The van der Waals surface area contributed by atoms with Crippen LogP contribution in [0.3, 0.4) is 0 Å². The Morgan fingerprint density at radius 3 is 2.11 bits per heavy atom. The minimum Gasteiger partial charge on any atom is -0.497 e. The first-order valence-electron chi connectivity index (χ1n) is 6.69. The van der Waals surface area contributed by atoms with Gasteiger partial charge in [0.2, 0.25) is 0 Å². The zero-order chi connectivity index (χ0) is 13.5. The summed E-state index contributed by atoms with van der Waals surface area (Å²) in [7, 11) is 1.65. The fraction of sp³-hybridized carbons (Fsp3) is 0.600. The summed E-state index contributed by atoms with van der Waals surface area (Å²) < 4.78 is 5.14. The maximum absolute atomic E-state index is 10.4. The van der Waals surface area contributed by atoms with E-state index in [1.807, 2.05) is 24.3 Å². The third-order valence-corrected chi connectivity index (χ3v) is 3.74. The Balaban J connectivity index is 2.86. The van der Waals surface area contributed by atoms with E-state index in [2.05, 4.69) is 13.8 Å². The van der Waals surface area contributed by atoms with E-state index in [0.29, 0.717) is 12.5 Å². The number of aliphatic hydroxyl groups is 1. The molecule has 0 amide bonds. The first kappa shape index (κ1) is 15.0. The summed E-state index contributed by atoms with van der Waals surface area (Å²) in [5.41, 5.74) is 6.91. The highest BCUT2D eigenvalue weighted by Gasteiger charge is 2.25. The molecule has 0 aliphatic rings. The van der Waals surface area contributed by atoms with E-state index in [1.165, 1.54) is 0 Å². The molecule has 102 valence electrons. The number of benzene rings is 1.